The maximum atomic E-state index is 11.4. The maximum absolute atomic E-state index is 11.4. The van der Waals surface area contributed by atoms with Gasteiger partial charge < -0.3 is 10.6 Å². The van der Waals surface area contributed by atoms with Crippen LogP contribution in [0.15, 0.2) is 0 Å². The summed E-state index contributed by atoms with van der Waals surface area (Å²) in [5.74, 6) is 0.901. The van der Waals surface area contributed by atoms with E-state index in [9.17, 15) is 9.59 Å². The van der Waals surface area contributed by atoms with Gasteiger partial charge in [0.25, 0.3) is 0 Å². The Morgan fingerprint density at radius 3 is 2.38 bits per heavy atom. The van der Waals surface area contributed by atoms with E-state index in [0.717, 1.165) is 25.7 Å². The third-order valence-electron chi connectivity index (χ3n) is 2.98. The van der Waals surface area contributed by atoms with Crippen molar-refractivity contribution in [3.63, 3.8) is 0 Å². The molecule has 0 bridgehead atoms. The van der Waals surface area contributed by atoms with E-state index < -0.39 is 0 Å². The zero-order chi connectivity index (χ0) is 12.0. The Bertz CT molecular complexity index is 250. The van der Waals surface area contributed by atoms with Gasteiger partial charge in [0.05, 0.1) is 5.75 Å². The van der Waals surface area contributed by atoms with Gasteiger partial charge >= 0.3 is 0 Å². The van der Waals surface area contributed by atoms with E-state index in [1.54, 1.807) is 7.05 Å². The predicted octanol–water partition coefficient (Wildman–Crippen LogP) is 0.770. The van der Waals surface area contributed by atoms with Crippen molar-refractivity contribution in [1.29, 1.82) is 0 Å². The molecule has 5 heteroatoms. The van der Waals surface area contributed by atoms with Crippen LogP contribution in [0.25, 0.3) is 0 Å². The van der Waals surface area contributed by atoms with Crippen molar-refractivity contribution in [2.75, 3.05) is 19.1 Å². The molecular formula is C11H20N2O2S. The van der Waals surface area contributed by atoms with Crippen molar-refractivity contribution >= 4 is 23.6 Å². The molecule has 2 amide bonds. The normalized spacial score (nSPS) is 24.9. The van der Waals surface area contributed by atoms with Crippen molar-refractivity contribution in [3.8, 4) is 0 Å². The quantitative estimate of drug-likeness (QED) is 0.768. The zero-order valence-electron chi connectivity index (χ0n) is 9.91. The fraction of sp³-hybridized carbons (Fsp3) is 0.818. The predicted molar refractivity (Wildman–Crippen MR) is 66.3 cm³/mol. The average molecular weight is 244 g/mol. The molecule has 92 valence electrons. The number of rotatable bonds is 4. The lowest BCUT2D eigenvalue weighted by Gasteiger charge is -2.27. The lowest BCUT2D eigenvalue weighted by Crippen LogP contribution is -2.40. The first-order valence-electron chi connectivity index (χ1n) is 5.67. The van der Waals surface area contributed by atoms with Gasteiger partial charge in [0.2, 0.25) is 11.8 Å². The number of nitrogens with one attached hydrogen (secondary N) is 2. The third-order valence-corrected chi connectivity index (χ3v) is 3.54. The second-order valence-electron chi connectivity index (χ2n) is 4.16. The minimum Gasteiger partial charge on any atom is -0.359 e. The van der Waals surface area contributed by atoms with Crippen molar-refractivity contribution in [1.82, 2.24) is 10.6 Å². The summed E-state index contributed by atoms with van der Waals surface area (Å²) in [7, 11) is 1.68. The molecule has 0 unspecified atom stereocenters. The van der Waals surface area contributed by atoms with Crippen LogP contribution in [0.4, 0.5) is 0 Å². The number of hydrogen-bond donors (Lipinski definition) is 2. The van der Waals surface area contributed by atoms with E-state index in [-0.39, 0.29) is 23.8 Å². The molecule has 0 heterocycles. The molecule has 4 nitrogen and oxygen atoms in total. The van der Waals surface area contributed by atoms with E-state index in [1.807, 2.05) is 6.26 Å². The summed E-state index contributed by atoms with van der Waals surface area (Å²) in [4.78, 5) is 22.8. The molecule has 0 aromatic rings. The Labute approximate surface area is 101 Å². The van der Waals surface area contributed by atoms with Crippen LogP contribution in [0.3, 0.4) is 0 Å². The van der Waals surface area contributed by atoms with Gasteiger partial charge in [-0.05, 0) is 31.9 Å². The standard InChI is InChI=1S/C11H20N2O2S/c1-12-11(15)8-3-5-9(6-4-8)13-10(14)7-16-2/h8-9H,3-7H2,1-2H3,(H,12,15)(H,13,14). The first kappa shape index (κ1) is 13.4. The van der Waals surface area contributed by atoms with Gasteiger partial charge in [-0.3, -0.25) is 9.59 Å². The molecule has 0 radical (unpaired) electrons. The largest absolute Gasteiger partial charge is 0.359 e. The fourth-order valence-corrected chi connectivity index (χ4v) is 2.45. The highest BCUT2D eigenvalue weighted by Gasteiger charge is 2.26. The fourth-order valence-electron chi connectivity index (χ4n) is 2.10. The smallest absolute Gasteiger partial charge is 0.230 e. The van der Waals surface area contributed by atoms with Gasteiger partial charge in [-0.1, -0.05) is 0 Å². The second kappa shape index (κ2) is 6.78. The van der Waals surface area contributed by atoms with E-state index >= 15 is 0 Å². The SMILES string of the molecule is CNC(=O)C1CCC(NC(=O)CSC)CC1. The van der Waals surface area contributed by atoms with Gasteiger partial charge in [-0.15, -0.1) is 0 Å². The minimum atomic E-state index is 0.107. The molecule has 0 aromatic carbocycles. The summed E-state index contributed by atoms with van der Waals surface area (Å²) in [5, 5.41) is 5.69. The van der Waals surface area contributed by atoms with E-state index in [2.05, 4.69) is 10.6 Å². The third kappa shape index (κ3) is 4.04. The Morgan fingerprint density at radius 1 is 1.25 bits per heavy atom. The van der Waals surface area contributed by atoms with Crippen LogP contribution in [0.1, 0.15) is 25.7 Å². The second-order valence-corrected chi connectivity index (χ2v) is 5.03. The molecule has 1 fully saturated rings. The van der Waals surface area contributed by atoms with Gasteiger partial charge in [0.15, 0.2) is 0 Å². The van der Waals surface area contributed by atoms with Gasteiger partial charge in [-0.2, -0.15) is 11.8 Å². The summed E-state index contributed by atoms with van der Waals surface area (Å²) < 4.78 is 0. The number of hydrogen-bond acceptors (Lipinski definition) is 3. The maximum Gasteiger partial charge on any atom is 0.230 e. The summed E-state index contributed by atoms with van der Waals surface area (Å²) in [6, 6.07) is 0.264. The topological polar surface area (TPSA) is 58.2 Å². The number of carbonyl (C=O) groups is 2. The molecular weight excluding hydrogens is 224 g/mol. The summed E-state index contributed by atoms with van der Waals surface area (Å²) in [6.45, 7) is 0. The Kier molecular flexibility index (Phi) is 5.66. The molecule has 2 N–H and O–H groups in total. The zero-order valence-corrected chi connectivity index (χ0v) is 10.7. The number of amides is 2. The highest BCUT2D eigenvalue weighted by molar-refractivity contribution is 7.99. The summed E-state index contributed by atoms with van der Waals surface area (Å²) >= 11 is 1.53. The molecule has 1 rings (SSSR count). The molecule has 1 aliphatic carbocycles. The first-order valence-corrected chi connectivity index (χ1v) is 7.06. The van der Waals surface area contributed by atoms with Crippen molar-refractivity contribution in [2.45, 2.75) is 31.7 Å². The lowest BCUT2D eigenvalue weighted by atomic mass is 9.85. The van der Waals surface area contributed by atoms with Gasteiger partial charge in [0.1, 0.15) is 0 Å². The van der Waals surface area contributed by atoms with Crippen LogP contribution in [-0.2, 0) is 9.59 Å². The Hall–Kier alpha value is -0.710. The Morgan fingerprint density at radius 2 is 1.88 bits per heavy atom. The highest BCUT2D eigenvalue weighted by Crippen LogP contribution is 2.24. The molecule has 16 heavy (non-hydrogen) atoms. The van der Waals surface area contributed by atoms with Crippen LogP contribution < -0.4 is 10.6 Å². The molecule has 0 spiro atoms. The molecule has 1 aliphatic rings. The van der Waals surface area contributed by atoms with Crippen LogP contribution in [0, 0.1) is 5.92 Å². The molecule has 0 saturated heterocycles. The molecule has 0 aromatic heterocycles. The van der Waals surface area contributed by atoms with Crippen LogP contribution >= 0.6 is 11.8 Å². The van der Waals surface area contributed by atoms with Gasteiger partial charge in [-0.25, -0.2) is 0 Å². The van der Waals surface area contributed by atoms with Crippen molar-refractivity contribution in [2.24, 2.45) is 5.92 Å². The minimum absolute atomic E-state index is 0.107. The lowest BCUT2D eigenvalue weighted by molar-refractivity contribution is -0.125. The van der Waals surface area contributed by atoms with Crippen molar-refractivity contribution < 1.29 is 9.59 Å². The molecule has 0 atom stereocenters. The monoisotopic (exact) mass is 244 g/mol. The van der Waals surface area contributed by atoms with E-state index in [0.29, 0.717) is 5.75 Å². The van der Waals surface area contributed by atoms with Gasteiger partial charge in [0, 0.05) is 19.0 Å². The summed E-state index contributed by atoms with van der Waals surface area (Å²) in [6.07, 6.45) is 5.51. The number of carbonyl (C=O) groups excluding carboxylic acids is 2. The number of thioether (sulfide) groups is 1. The van der Waals surface area contributed by atoms with Crippen LogP contribution in [-0.4, -0.2) is 36.9 Å². The van der Waals surface area contributed by atoms with E-state index in [1.165, 1.54) is 11.8 Å². The first-order chi connectivity index (χ1) is 7.67. The van der Waals surface area contributed by atoms with Crippen molar-refractivity contribution in [3.05, 3.63) is 0 Å². The Balaban J connectivity index is 2.26. The summed E-state index contributed by atoms with van der Waals surface area (Å²) in [5.41, 5.74) is 0. The highest BCUT2D eigenvalue weighted by atomic mass is 32.2. The van der Waals surface area contributed by atoms with Crippen LogP contribution in [0.2, 0.25) is 0 Å². The van der Waals surface area contributed by atoms with Crippen LogP contribution in [0.5, 0.6) is 0 Å². The molecule has 0 aliphatic heterocycles. The van der Waals surface area contributed by atoms with E-state index in [4.69, 9.17) is 0 Å². The molecule has 1 saturated carbocycles. The average Bonchev–Trinajstić information content (AvgIpc) is 2.29.